The van der Waals surface area contributed by atoms with Crippen LogP contribution in [-0.4, -0.2) is 28.5 Å². The third kappa shape index (κ3) is 4.47. The van der Waals surface area contributed by atoms with Gasteiger partial charge in [-0.15, -0.1) is 10.2 Å². The summed E-state index contributed by atoms with van der Waals surface area (Å²) in [6, 6.07) is 7.73. The number of nitrogens with one attached hydrogen (secondary N) is 1. The predicted octanol–water partition coefficient (Wildman–Crippen LogP) is 2.47. The van der Waals surface area contributed by atoms with Gasteiger partial charge in [-0.05, 0) is 30.5 Å². The van der Waals surface area contributed by atoms with Crippen molar-refractivity contribution in [3.8, 4) is 5.75 Å². The van der Waals surface area contributed by atoms with Crippen molar-refractivity contribution in [3.05, 3.63) is 34.8 Å². The van der Waals surface area contributed by atoms with Crippen LogP contribution in [0.4, 0.5) is 5.13 Å². The van der Waals surface area contributed by atoms with E-state index in [9.17, 15) is 0 Å². The zero-order valence-corrected chi connectivity index (χ0v) is 12.3. The highest BCUT2D eigenvalue weighted by Crippen LogP contribution is 2.18. The molecule has 0 unspecified atom stereocenters. The molecular weight excluding hydrogens is 274 g/mol. The van der Waals surface area contributed by atoms with Crippen molar-refractivity contribution in [3.63, 3.8) is 0 Å². The Morgan fingerprint density at radius 1 is 1.25 bits per heavy atom. The zero-order valence-electron chi connectivity index (χ0n) is 11.5. The van der Waals surface area contributed by atoms with Crippen molar-refractivity contribution >= 4 is 16.5 Å². The number of aliphatic hydroxyl groups is 1. The summed E-state index contributed by atoms with van der Waals surface area (Å²) in [5.74, 6) is 0.796. The first-order valence-electron chi connectivity index (χ1n) is 6.70. The maximum absolute atomic E-state index is 8.85. The van der Waals surface area contributed by atoms with Crippen LogP contribution in [0.5, 0.6) is 5.75 Å². The lowest BCUT2D eigenvalue weighted by molar-refractivity contribution is 0.298. The summed E-state index contributed by atoms with van der Waals surface area (Å²) in [5, 5.41) is 21.9. The van der Waals surface area contributed by atoms with Crippen molar-refractivity contribution in [2.45, 2.75) is 26.4 Å². The van der Waals surface area contributed by atoms with Crippen LogP contribution in [-0.2, 0) is 13.0 Å². The zero-order chi connectivity index (χ0) is 14.2. The van der Waals surface area contributed by atoms with Gasteiger partial charge in [0.05, 0.1) is 0 Å². The van der Waals surface area contributed by atoms with Crippen LogP contribution < -0.4 is 10.1 Å². The van der Waals surface area contributed by atoms with Gasteiger partial charge in [0.15, 0.2) is 5.01 Å². The Hall–Kier alpha value is -1.66. The van der Waals surface area contributed by atoms with Crippen LogP contribution in [0, 0.1) is 0 Å². The van der Waals surface area contributed by atoms with E-state index >= 15 is 0 Å². The average Bonchev–Trinajstić information content (AvgIpc) is 2.93. The van der Waals surface area contributed by atoms with Crippen molar-refractivity contribution in [1.82, 2.24) is 10.2 Å². The van der Waals surface area contributed by atoms with Crippen LogP contribution in [0.2, 0.25) is 0 Å². The summed E-state index contributed by atoms with van der Waals surface area (Å²) in [7, 11) is 0. The van der Waals surface area contributed by atoms with Gasteiger partial charge in [-0.2, -0.15) is 0 Å². The molecule has 1 aromatic heterocycles. The highest BCUT2D eigenvalue weighted by Gasteiger charge is 2.04. The molecule has 0 aliphatic heterocycles. The average molecular weight is 293 g/mol. The number of nitrogens with zero attached hydrogens (tertiary/aromatic N) is 2. The molecular formula is C14H19N3O2S. The lowest BCUT2D eigenvalue weighted by Crippen LogP contribution is -1.98. The van der Waals surface area contributed by atoms with Crippen LogP contribution in [0.15, 0.2) is 24.3 Å². The van der Waals surface area contributed by atoms with E-state index in [1.54, 1.807) is 0 Å². The normalized spacial score (nSPS) is 10.5. The molecule has 108 valence electrons. The van der Waals surface area contributed by atoms with Gasteiger partial charge in [-0.25, -0.2) is 0 Å². The molecule has 2 aromatic rings. The van der Waals surface area contributed by atoms with Gasteiger partial charge in [0.25, 0.3) is 0 Å². The molecule has 0 saturated heterocycles. The Balaban J connectivity index is 1.83. The van der Waals surface area contributed by atoms with Gasteiger partial charge in [-0.3, -0.25) is 0 Å². The van der Waals surface area contributed by atoms with Crippen LogP contribution in [0.25, 0.3) is 0 Å². The fourth-order valence-corrected chi connectivity index (χ4v) is 2.32. The van der Waals surface area contributed by atoms with Crippen LogP contribution >= 0.6 is 11.3 Å². The standard InChI is InChI=1S/C14H19N3O2S/c1-2-8-15-14-17-16-13(20-14)10-19-12-5-3-11(4-6-12)7-9-18/h3-6,18H,2,7-10H2,1H3,(H,15,17). The second kappa shape index (κ2) is 7.81. The number of ether oxygens (including phenoxy) is 1. The van der Waals surface area contributed by atoms with Gasteiger partial charge in [0.1, 0.15) is 12.4 Å². The largest absolute Gasteiger partial charge is 0.486 e. The number of rotatable bonds is 8. The highest BCUT2D eigenvalue weighted by molar-refractivity contribution is 7.15. The Morgan fingerprint density at radius 3 is 2.75 bits per heavy atom. The number of anilines is 1. The summed E-state index contributed by atoms with van der Waals surface area (Å²) >= 11 is 1.51. The molecule has 0 spiro atoms. The quantitative estimate of drug-likeness (QED) is 0.782. The number of hydrogen-bond acceptors (Lipinski definition) is 6. The lowest BCUT2D eigenvalue weighted by Gasteiger charge is -2.04. The summed E-state index contributed by atoms with van der Waals surface area (Å²) in [6.07, 6.45) is 1.73. The molecule has 0 aliphatic carbocycles. The van der Waals surface area contributed by atoms with E-state index in [0.717, 1.165) is 34.4 Å². The first-order valence-corrected chi connectivity index (χ1v) is 7.52. The van der Waals surface area contributed by atoms with E-state index < -0.39 is 0 Å². The van der Waals surface area contributed by atoms with Crippen LogP contribution in [0.3, 0.4) is 0 Å². The van der Waals surface area contributed by atoms with Gasteiger partial charge < -0.3 is 15.2 Å². The topological polar surface area (TPSA) is 67.3 Å². The lowest BCUT2D eigenvalue weighted by atomic mass is 10.1. The molecule has 1 heterocycles. The molecule has 2 N–H and O–H groups in total. The first kappa shape index (κ1) is 14.7. The fourth-order valence-electron chi connectivity index (χ4n) is 1.64. The van der Waals surface area contributed by atoms with E-state index in [1.165, 1.54) is 11.3 Å². The highest BCUT2D eigenvalue weighted by atomic mass is 32.1. The minimum absolute atomic E-state index is 0.165. The summed E-state index contributed by atoms with van der Waals surface area (Å²) in [6.45, 7) is 3.60. The Bertz CT molecular complexity index is 513. The van der Waals surface area contributed by atoms with Gasteiger partial charge in [0, 0.05) is 13.2 Å². The van der Waals surface area contributed by atoms with Crippen molar-refractivity contribution < 1.29 is 9.84 Å². The third-order valence-electron chi connectivity index (χ3n) is 2.68. The van der Waals surface area contributed by atoms with Crippen molar-refractivity contribution in [2.75, 3.05) is 18.5 Å². The molecule has 0 aliphatic rings. The van der Waals surface area contributed by atoms with Gasteiger partial charge in [0.2, 0.25) is 5.13 Å². The Morgan fingerprint density at radius 2 is 2.05 bits per heavy atom. The number of benzene rings is 1. The first-order chi connectivity index (χ1) is 9.81. The van der Waals surface area contributed by atoms with Crippen LogP contribution in [0.1, 0.15) is 23.9 Å². The number of hydrogen-bond donors (Lipinski definition) is 2. The molecule has 0 bridgehead atoms. The van der Waals surface area contributed by atoms with E-state index in [-0.39, 0.29) is 6.61 Å². The van der Waals surface area contributed by atoms with E-state index in [1.807, 2.05) is 24.3 Å². The molecule has 5 nitrogen and oxygen atoms in total. The Kier molecular flexibility index (Phi) is 5.76. The minimum Gasteiger partial charge on any atom is -0.486 e. The molecule has 0 radical (unpaired) electrons. The third-order valence-corrected chi connectivity index (χ3v) is 3.53. The molecule has 6 heteroatoms. The van der Waals surface area contributed by atoms with E-state index in [0.29, 0.717) is 13.0 Å². The molecule has 1 aromatic carbocycles. The minimum atomic E-state index is 0.165. The number of aliphatic hydroxyl groups excluding tert-OH is 1. The van der Waals surface area contributed by atoms with E-state index in [4.69, 9.17) is 9.84 Å². The maximum Gasteiger partial charge on any atom is 0.205 e. The molecule has 0 saturated carbocycles. The molecule has 20 heavy (non-hydrogen) atoms. The Labute approximate surface area is 122 Å². The fraction of sp³-hybridized carbons (Fsp3) is 0.429. The second-order valence-electron chi connectivity index (χ2n) is 4.33. The second-order valence-corrected chi connectivity index (χ2v) is 5.40. The number of aromatic nitrogens is 2. The van der Waals surface area contributed by atoms with Gasteiger partial charge >= 0.3 is 0 Å². The summed E-state index contributed by atoms with van der Waals surface area (Å²) < 4.78 is 5.66. The molecule has 0 amide bonds. The molecule has 0 atom stereocenters. The van der Waals surface area contributed by atoms with Crippen molar-refractivity contribution in [2.24, 2.45) is 0 Å². The van der Waals surface area contributed by atoms with E-state index in [2.05, 4.69) is 22.4 Å². The summed E-state index contributed by atoms with van der Waals surface area (Å²) in [5.41, 5.74) is 1.10. The molecule has 0 fully saturated rings. The SMILES string of the molecule is CCCNc1nnc(COc2ccc(CCO)cc2)s1. The van der Waals surface area contributed by atoms with Gasteiger partial charge in [-0.1, -0.05) is 30.4 Å². The van der Waals surface area contributed by atoms with Crippen molar-refractivity contribution in [1.29, 1.82) is 0 Å². The molecule has 2 rings (SSSR count). The summed E-state index contributed by atoms with van der Waals surface area (Å²) in [4.78, 5) is 0. The predicted molar refractivity (Wildman–Crippen MR) is 80.3 cm³/mol. The monoisotopic (exact) mass is 293 g/mol. The maximum atomic E-state index is 8.85. The smallest absolute Gasteiger partial charge is 0.205 e.